The molecule has 178 valence electrons. The van der Waals surface area contributed by atoms with Gasteiger partial charge in [0.15, 0.2) is 0 Å². The summed E-state index contributed by atoms with van der Waals surface area (Å²) in [5.41, 5.74) is 5.76. The minimum absolute atomic E-state index is 0.197. The maximum absolute atomic E-state index is 12.9. The molecule has 2 aliphatic heterocycles. The normalized spacial score (nSPS) is 19.6. The number of aromatic amines is 1. The molecule has 0 radical (unpaired) electrons. The van der Waals surface area contributed by atoms with Crippen LogP contribution < -0.4 is 15.5 Å². The minimum atomic E-state index is -0.774. The minimum Gasteiger partial charge on any atom is -0.387 e. The summed E-state index contributed by atoms with van der Waals surface area (Å²) in [5, 5.41) is 17.4. The van der Waals surface area contributed by atoms with E-state index in [2.05, 4.69) is 32.7 Å². The average Bonchev–Trinajstić information content (AvgIpc) is 3.37. The second kappa shape index (κ2) is 9.29. The van der Waals surface area contributed by atoms with Gasteiger partial charge in [0.2, 0.25) is 0 Å². The van der Waals surface area contributed by atoms with E-state index in [1.165, 1.54) is 0 Å². The van der Waals surface area contributed by atoms with Crippen molar-refractivity contribution < 1.29 is 14.6 Å². The number of nitrogens with zero attached hydrogens (tertiary/aromatic N) is 2. The lowest BCUT2D eigenvalue weighted by atomic mass is 10.1. The molecular formula is C25H28ClN5O3. The van der Waals surface area contributed by atoms with Crippen LogP contribution in [0, 0.1) is 6.92 Å². The number of aryl methyl sites for hydroxylation is 1. The van der Waals surface area contributed by atoms with Crippen molar-refractivity contribution in [3.8, 4) is 0 Å². The van der Waals surface area contributed by atoms with Crippen molar-refractivity contribution >= 4 is 39.8 Å². The van der Waals surface area contributed by atoms with Crippen molar-refractivity contribution in [3.63, 3.8) is 0 Å². The molecule has 2 aromatic carbocycles. The zero-order valence-corrected chi connectivity index (χ0v) is 19.9. The van der Waals surface area contributed by atoms with Crippen molar-refractivity contribution in [2.45, 2.75) is 26.0 Å². The lowest BCUT2D eigenvalue weighted by molar-refractivity contribution is -0.115. The molecule has 0 spiro atoms. The number of anilines is 1. The molecule has 1 fully saturated rings. The van der Waals surface area contributed by atoms with Gasteiger partial charge < -0.3 is 30.4 Å². The van der Waals surface area contributed by atoms with E-state index in [9.17, 15) is 9.90 Å². The van der Waals surface area contributed by atoms with E-state index >= 15 is 0 Å². The van der Waals surface area contributed by atoms with Crippen LogP contribution in [0.25, 0.3) is 16.6 Å². The van der Waals surface area contributed by atoms with Crippen molar-refractivity contribution in [2.24, 2.45) is 0 Å². The molecule has 2 aliphatic rings. The number of aliphatic hydroxyl groups excluding tert-OH is 1. The number of rotatable bonds is 6. The molecule has 34 heavy (non-hydrogen) atoms. The number of carbonyl (C=O) groups is 1. The van der Waals surface area contributed by atoms with Gasteiger partial charge in [-0.25, -0.2) is 4.98 Å². The topological polar surface area (TPSA) is 103 Å². The first-order valence-corrected chi connectivity index (χ1v) is 11.8. The molecule has 4 N–H and O–H groups in total. The van der Waals surface area contributed by atoms with Gasteiger partial charge in [0.05, 0.1) is 42.1 Å². The van der Waals surface area contributed by atoms with Gasteiger partial charge in [-0.1, -0.05) is 23.7 Å². The highest BCUT2D eigenvalue weighted by Crippen LogP contribution is 2.30. The van der Waals surface area contributed by atoms with Gasteiger partial charge in [0.1, 0.15) is 11.4 Å². The van der Waals surface area contributed by atoms with Crippen LogP contribution in [-0.2, 0) is 9.53 Å². The number of H-pyrrole nitrogens is 1. The van der Waals surface area contributed by atoms with Crippen molar-refractivity contribution in [2.75, 3.05) is 37.7 Å². The number of carbonyl (C=O) groups excluding carboxylic acids is 1. The third-order valence-corrected chi connectivity index (χ3v) is 6.61. The number of imidazole rings is 1. The van der Waals surface area contributed by atoms with Crippen LogP contribution >= 0.6 is 11.6 Å². The molecule has 3 heterocycles. The first-order valence-electron chi connectivity index (χ1n) is 11.5. The van der Waals surface area contributed by atoms with Crippen LogP contribution in [0.1, 0.15) is 30.0 Å². The second-order valence-electron chi connectivity index (χ2n) is 8.78. The smallest absolute Gasteiger partial charge is 0.257 e. The Morgan fingerprint density at radius 3 is 2.85 bits per heavy atom. The Morgan fingerprint density at radius 2 is 2.09 bits per heavy atom. The lowest BCUT2D eigenvalue weighted by Gasteiger charge is -2.29. The average molecular weight is 482 g/mol. The summed E-state index contributed by atoms with van der Waals surface area (Å²) in [4.78, 5) is 23.3. The summed E-state index contributed by atoms with van der Waals surface area (Å²) >= 11 is 6.06. The van der Waals surface area contributed by atoms with Gasteiger partial charge in [0.25, 0.3) is 5.91 Å². The molecule has 1 unspecified atom stereocenters. The number of benzene rings is 2. The van der Waals surface area contributed by atoms with Gasteiger partial charge >= 0.3 is 0 Å². The fraction of sp³-hybridized carbons (Fsp3) is 0.360. The molecule has 5 rings (SSSR count). The Morgan fingerprint density at radius 1 is 1.29 bits per heavy atom. The third-order valence-electron chi connectivity index (χ3n) is 6.37. The van der Waals surface area contributed by atoms with Gasteiger partial charge in [-0.15, -0.1) is 0 Å². The van der Waals surface area contributed by atoms with E-state index < -0.39 is 6.10 Å². The van der Waals surface area contributed by atoms with Crippen LogP contribution in [0.5, 0.6) is 0 Å². The highest BCUT2D eigenvalue weighted by atomic mass is 35.5. The van der Waals surface area contributed by atoms with Crippen molar-refractivity contribution in [1.29, 1.82) is 0 Å². The first kappa shape index (κ1) is 22.7. The predicted molar refractivity (Wildman–Crippen MR) is 133 cm³/mol. The Balaban J connectivity index is 1.45. The third kappa shape index (κ3) is 4.36. The SMILES string of the molecule is Cc1cc(N2CCOCC2)cc2[nH]c(C3=C(NC[C@@H](O)c4cccc(Cl)c4)C(C)NC3=O)nc12. The molecule has 0 aliphatic carbocycles. The summed E-state index contributed by atoms with van der Waals surface area (Å²) in [6, 6.07) is 11.1. The van der Waals surface area contributed by atoms with Crippen LogP contribution in [0.15, 0.2) is 42.1 Å². The second-order valence-corrected chi connectivity index (χ2v) is 9.22. The fourth-order valence-corrected chi connectivity index (χ4v) is 4.79. The van der Waals surface area contributed by atoms with Crippen LogP contribution in [0.3, 0.4) is 0 Å². The van der Waals surface area contributed by atoms with Gasteiger partial charge in [-0.2, -0.15) is 0 Å². The summed E-state index contributed by atoms with van der Waals surface area (Å²) in [5.74, 6) is 0.316. The Labute approximate surface area is 203 Å². The number of amides is 1. The Bertz CT molecular complexity index is 1260. The number of fused-ring (bicyclic) bond motifs is 1. The van der Waals surface area contributed by atoms with E-state index in [1.807, 2.05) is 19.9 Å². The van der Waals surface area contributed by atoms with Crippen LogP contribution in [0.2, 0.25) is 5.02 Å². The fourth-order valence-electron chi connectivity index (χ4n) is 4.59. The number of aliphatic hydroxyl groups is 1. The van der Waals surface area contributed by atoms with Crippen molar-refractivity contribution in [3.05, 3.63) is 64.1 Å². The molecule has 0 bridgehead atoms. The van der Waals surface area contributed by atoms with E-state index in [4.69, 9.17) is 21.3 Å². The number of hydrogen-bond acceptors (Lipinski definition) is 6. The summed E-state index contributed by atoms with van der Waals surface area (Å²) in [6.45, 7) is 7.30. The number of hydrogen-bond donors (Lipinski definition) is 4. The Kier molecular flexibility index (Phi) is 6.20. The van der Waals surface area contributed by atoms with E-state index in [-0.39, 0.29) is 18.5 Å². The number of morpholine rings is 1. The zero-order chi connectivity index (χ0) is 23.8. The molecule has 2 atom stereocenters. The van der Waals surface area contributed by atoms with E-state index in [0.717, 1.165) is 35.4 Å². The monoisotopic (exact) mass is 481 g/mol. The van der Waals surface area contributed by atoms with E-state index in [0.29, 0.717) is 40.9 Å². The van der Waals surface area contributed by atoms with Crippen LogP contribution in [0.4, 0.5) is 5.69 Å². The maximum atomic E-state index is 12.9. The summed E-state index contributed by atoms with van der Waals surface area (Å²) in [6.07, 6.45) is -0.774. The van der Waals surface area contributed by atoms with Gasteiger partial charge in [0, 0.05) is 30.3 Å². The molecule has 9 heteroatoms. The summed E-state index contributed by atoms with van der Waals surface area (Å²) in [7, 11) is 0. The molecule has 1 amide bonds. The van der Waals surface area contributed by atoms with E-state index in [1.54, 1.807) is 18.2 Å². The standard InChI is InChI=1S/C25H28ClN5O3/c1-14-10-18(31-6-8-34-9-7-31)12-19-22(14)30-24(29-19)21-23(15(2)28-25(21)33)27-13-20(32)16-4-3-5-17(26)11-16/h3-5,10-12,15,20,27,32H,6-9,13H2,1-2H3,(H,28,33)(H,29,30)/t15?,20-/m1/s1. The highest BCUT2D eigenvalue weighted by Gasteiger charge is 2.32. The molecule has 1 aromatic heterocycles. The maximum Gasteiger partial charge on any atom is 0.257 e. The first-order chi connectivity index (χ1) is 16.4. The number of nitrogens with one attached hydrogen (secondary N) is 3. The predicted octanol–water partition coefficient (Wildman–Crippen LogP) is 2.91. The quantitative estimate of drug-likeness (QED) is 0.432. The Hall–Kier alpha value is -3.07. The molecule has 3 aromatic rings. The summed E-state index contributed by atoms with van der Waals surface area (Å²) < 4.78 is 5.47. The molecule has 0 saturated carbocycles. The van der Waals surface area contributed by atoms with Crippen molar-refractivity contribution in [1.82, 2.24) is 20.6 Å². The van der Waals surface area contributed by atoms with Gasteiger partial charge in [-0.05, 0) is 49.2 Å². The number of halogens is 1. The molecule has 8 nitrogen and oxygen atoms in total. The van der Waals surface area contributed by atoms with Gasteiger partial charge in [-0.3, -0.25) is 4.79 Å². The number of ether oxygens (including phenoxy) is 1. The van der Waals surface area contributed by atoms with Crippen LogP contribution in [-0.4, -0.2) is 59.9 Å². The number of aromatic nitrogens is 2. The lowest BCUT2D eigenvalue weighted by Crippen LogP contribution is -2.36. The highest BCUT2D eigenvalue weighted by molar-refractivity contribution is 6.30. The molecular weight excluding hydrogens is 454 g/mol. The molecule has 1 saturated heterocycles. The largest absolute Gasteiger partial charge is 0.387 e. The zero-order valence-electron chi connectivity index (χ0n) is 19.2.